The van der Waals surface area contributed by atoms with Crippen LogP contribution in [-0.4, -0.2) is 11.1 Å². The Hall–Kier alpha value is -0.590. The van der Waals surface area contributed by atoms with Gasteiger partial charge in [0.1, 0.15) is 5.82 Å². The summed E-state index contributed by atoms with van der Waals surface area (Å²) in [5, 5.41) is 13.9. The number of hydrogen-bond acceptors (Lipinski definition) is 3. The van der Waals surface area contributed by atoms with Gasteiger partial charge >= 0.3 is 5.97 Å². The fourth-order valence-corrected chi connectivity index (χ4v) is 1.88. The summed E-state index contributed by atoms with van der Waals surface area (Å²) < 4.78 is 13.1. The van der Waals surface area contributed by atoms with Crippen molar-refractivity contribution in [3.05, 3.63) is 28.0 Å². The summed E-state index contributed by atoms with van der Waals surface area (Å²) in [5.74, 6) is -1.81. The molecule has 0 aliphatic heterocycles. The van der Waals surface area contributed by atoms with Gasteiger partial charge in [0, 0.05) is 9.37 Å². The van der Waals surface area contributed by atoms with Gasteiger partial charge in [-0.2, -0.15) is 0 Å². The van der Waals surface area contributed by atoms with E-state index < -0.39 is 11.8 Å². The average Bonchev–Trinajstić information content (AvgIpc) is 2.08. The van der Waals surface area contributed by atoms with Gasteiger partial charge in [0.05, 0.1) is 5.56 Å². The number of carboxylic acids is 1. The second kappa shape index (κ2) is 4.08. The molecule has 0 fully saturated rings. The topological polar surface area (TPSA) is 63.3 Å². The van der Waals surface area contributed by atoms with Crippen molar-refractivity contribution in [2.75, 3.05) is 0 Å². The molecular weight excluding hydrogens is 261 g/mol. The smallest absolute Gasteiger partial charge is 0.336 e. The van der Waals surface area contributed by atoms with Crippen LogP contribution in [0.15, 0.2) is 21.5 Å². The summed E-state index contributed by atoms with van der Waals surface area (Å²) in [6, 6.07) is 2.10. The van der Waals surface area contributed by atoms with Crippen LogP contribution in [0.4, 0.5) is 4.39 Å². The fourth-order valence-electron chi connectivity index (χ4n) is 0.806. The zero-order valence-electron chi connectivity index (χ0n) is 6.25. The number of rotatable bonds is 2. The van der Waals surface area contributed by atoms with Gasteiger partial charge in [0.15, 0.2) is 0 Å². The van der Waals surface area contributed by atoms with Crippen molar-refractivity contribution < 1.29 is 14.3 Å². The minimum Gasteiger partial charge on any atom is -0.478 e. The van der Waals surface area contributed by atoms with Crippen molar-refractivity contribution in [1.82, 2.24) is 0 Å². The molecule has 0 bridgehead atoms. The van der Waals surface area contributed by atoms with Crippen molar-refractivity contribution in [2.24, 2.45) is 5.14 Å². The monoisotopic (exact) mass is 265 g/mol. The highest BCUT2D eigenvalue weighted by atomic mass is 79.9. The Balaban J connectivity index is 3.35. The van der Waals surface area contributed by atoms with E-state index in [4.69, 9.17) is 10.2 Å². The van der Waals surface area contributed by atoms with Crippen LogP contribution in [-0.2, 0) is 0 Å². The van der Waals surface area contributed by atoms with Crippen molar-refractivity contribution in [3.63, 3.8) is 0 Å². The van der Waals surface area contributed by atoms with Crippen LogP contribution < -0.4 is 5.14 Å². The molecule has 6 heteroatoms. The predicted molar refractivity (Wildman–Crippen MR) is 51.1 cm³/mol. The maximum absolute atomic E-state index is 12.8. The van der Waals surface area contributed by atoms with Crippen LogP contribution in [0.1, 0.15) is 10.4 Å². The largest absolute Gasteiger partial charge is 0.478 e. The SMILES string of the molecule is NSc1cc(F)cc(C(=O)O)c1Br. The summed E-state index contributed by atoms with van der Waals surface area (Å²) in [5.41, 5.74) is -0.132. The molecule has 3 nitrogen and oxygen atoms in total. The number of hydrogen-bond donors (Lipinski definition) is 2. The molecule has 1 aromatic rings. The van der Waals surface area contributed by atoms with Gasteiger partial charge < -0.3 is 5.11 Å². The van der Waals surface area contributed by atoms with Gasteiger partial charge in [-0.3, -0.25) is 5.14 Å². The molecule has 0 heterocycles. The molecule has 0 amide bonds. The number of benzene rings is 1. The van der Waals surface area contributed by atoms with E-state index in [0.717, 1.165) is 18.0 Å². The molecule has 13 heavy (non-hydrogen) atoms. The van der Waals surface area contributed by atoms with E-state index in [1.807, 2.05) is 0 Å². The van der Waals surface area contributed by atoms with Gasteiger partial charge in [0.2, 0.25) is 0 Å². The molecule has 0 radical (unpaired) electrons. The van der Waals surface area contributed by atoms with Crippen LogP contribution in [0.25, 0.3) is 0 Å². The van der Waals surface area contributed by atoms with Crippen LogP contribution in [0.5, 0.6) is 0 Å². The number of carbonyl (C=O) groups is 1. The zero-order valence-corrected chi connectivity index (χ0v) is 8.65. The summed E-state index contributed by atoms with van der Waals surface area (Å²) in [6.45, 7) is 0. The molecule has 3 N–H and O–H groups in total. The molecule has 0 atom stereocenters. The molecule has 0 aliphatic rings. The first-order valence-corrected chi connectivity index (χ1v) is 4.82. The summed E-state index contributed by atoms with van der Waals surface area (Å²) in [7, 11) is 0. The van der Waals surface area contributed by atoms with E-state index >= 15 is 0 Å². The van der Waals surface area contributed by atoms with Gasteiger partial charge in [-0.15, -0.1) is 0 Å². The lowest BCUT2D eigenvalue weighted by molar-refractivity contribution is 0.0695. The normalized spacial score (nSPS) is 10.1. The lowest BCUT2D eigenvalue weighted by Gasteiger charge is -2.04. The number of carboxylic acid groups (broad SMARTS) is 1. The number of aromatic carboxylic acids is 1. The predicted octanol–water partition coefficient (Wildman–Crippen LogP) is 2.25. The first-order chi connectivity index (χ1) is 6.06. The molecule has 0 aromatic heterocycles. The third-order valence-corrected chi connectivity index (χ3v) is 3.05. The average molecular weight is 266 g/mol. The van der Waals surface area contributed by atoms with Crippen LogP contribution >= 0.6 is 27.9 Å². The quantitative estimate of drug-likeness (QED) is 0.806. The molecule has 1 aromatic carbocycles. The Kier molecular flexibility index (Phi) is 3.29. The molecule has 0 unspecified atom stereocenters. The Bertz CT molecular complexity index is 359. The van der Waals surface area contributed by atoms with Gasteiger partial charge in [0.25, 0.3) is 0 Å². The first kappa shape index (κ1) is 10.5. The van der Waals surface area contributed by atoms with Gasteiger partial charge in [-0.1, -0.05) is 0 Å². The highest BCUT2D eigenvalue weighted by Crippen LogP contribution is 2.28. The summed E-state index contributed by atoms with van der Waals surface area (Å²) in [4.78, 5) is 11.0. The molecule has 70 valence electrons. The van der Waals surface area contributed by atoms with Crippen LogP contribution in [0.3, 0.4) is 0 Å². The van der Waals surface area contributed by atoms with E-state index in [-0.39, 0.29) is 5.56 Å². The molecule has 0 saturated heterocycles. The van der Waals surface area contributed by atoms with Gasteiger partial charge in [-0.05, 0) is 40.0 Å². The Labute approximate surface area is 86.4 Å². The lowest BCUT2D eigenvalue weighted by Crippen LogP contribution is -2.00. The van der Waals surface area contributed by atoms with E-state index in [2.05, 4.69) is 15.9 Å². The van der Waals surface area contributed by atoms with Crippen molar-refractivity contribution in [2.45, 2.75) is 4.90 Å². The van der Waals surface area contributed by atoms with Crippen LogP contribution in [0.2, 0.25) is 0 Å². The highest BCUT2D eigenvalue weighted by molar-refractivity contribution is 9.10. The van der Waals surface area contributed by atoms with Crippen molar-refractivity contribution in [1.29, 1.82) is 0 Å². The summed E-state index contributed by atoms with van der Waals surface area (Å²) >= 11 is 3.82. The second-order valence-corrected chi connectivity index (χ2v) is 3.66. The Morgan fingerprint density at radius 2 is 2.23 bits per heavy atom. The number of halogens is 2. The first-order valence-electron chi connectivity index (χ1n) is 3.15. The fraction of sp³-hybridized carbons (Fsp3) is 0. The molecule has 0 spiro atoms. The maximum atomic E-state index is 12.8. The maximum Gasteiger partial charge on any atom is 0.336 e. The molecule has 0 saturated carbocycles. The summed E-state index contributed by atoms with van der Waals surface area (Å²) in [6.07, 6.45) is 0. The standard InChI is InChI=1S/C7H5BrFNO2S/c8-6-4(7(11)12)1-3(9)2-5(6)13-10/h1-2H,10H2,(H,11,12). The van der Waals surface area contributed by atoms with Crippen LogP contribution in [0, 0.1) is 5.82 Å². The Morgan fingerprint density at radius 1 is 1.62 bits per heavy atom. The van der Waals surface area contributed by atoms with E-state index in [0.29, 0.717) is 9.37 Å². The molecule has 0 aliphatic carbocycles. The zero-order chi connectivity index (χ0) is 10.0. The minimum atomic E-state index is -1.19. The van der Waals surface area contributed by atoms with Crippen molar-refractivity contribution in [3.8, 4) is 0 Å². The molecule has 1 rings (SSSR count). The Morgan fingerprint density at radius 3 is 2.69 bits per heavy atom. The molecular formula is C7H5BrFNO2S. The second-order valence-electron chi connectivity index (χ2n) is 2.19. The number of nitrogens with two attached hydrogens (primary N) is 1. The third-order valence-electron chi connectivity index (χ3n) is 1.36. The van der Waals surface area contributed by atoms with E-state index in [9.17, 15) is 9.18 Å². The van der Waals surface area contributed by atoms with E-state index in [1.54, 1.807) is 0 Å². The highest BCUT2D eigenvalue weighted by Gasteiger charge is 2.13. The lowest BCUT2D eigenvalue weighted by atomic mass is 10.2. The minimum absolute atomic E-state index is 0.132. The third kappa shape index (κ3) is 2.20. The van der Waals surface area contributed by atoms with E-state index in [1.165, 1.54) is 6.07 Å². The van der Waals surface area contributed by atoms with Crippen molar-refractivity contribution >= 4 is 33.8 Å². The van der Waals surface area contributed by atoms with Gasteiger partial charge in [-0.25, -0.2) is 9.18 Å².